The third-order valence-corrected chi connectivity index (χ3v) is 4.37. The highest BCUT2D eigenvalue weighted by Crippen LogP contribution is 2.27. The zero-order valence-electron chi connectivity index (χ0n) is 16.2. The number of nitrogens with zero attached hydrogens (tertiary/aromatic N) is 3. The first-order valence-electron chi connectivity index (χ1n) is 9.33. The Balaban J connectivity index is 1.57. The van der Waals surface area contributed by atoms with Gasteiger partial charge in [-0.1, -0.05) is 12.1 Å². The summed E-state index contributed by atoms with van der Waals surface area (Å²) in [6, 6.07) is 7.37. The zero-order chi connectivity index (χ0) is 19.4. The second-order valence-corrected chi connectivity index (χ2v) is 7.97. The molecule has 3 rings (SSSR count). The van der Waals surface area contributed by atoms with E-state index in [4.69, 9.17) is 15.2 Å². The molecule has 1 unspecified atom stereocenters. The molecule has 0 radical (unpaired) electrons. The van der Waals surface area contributed by atoms with Crippen LogP contribution in [0.1, 0.15) is 33.6 Å². The van der Waals surface area contributed by atoms with Crippen LogP contribution >= 0.6 is 0 Å². The Kier molecular flexibility index (Phi) is 5.58. The Morgan fingerprint density at radius 3 is 2.85 bits per heavy atom. The average Bonchev–Trinajstić information content (AvgIpc) is 3.03. The molecular formula is C20H28N4O3. The molecule has 1 aliphatic heterocycles. The molecular weight excluding hydrogens is 344 g/mol. The van der Waals surface area contributed by atoms with Gasteiger partial charge < -0.3 is 20.1 Å². The number of benzene rings is 1. The number of carbonyl (C=O) groups excluding carboxylic acids is 1. The third kappa shape index (κ3) is 5.39. The minimum atomic E-state index is -0.475. The predicted molar refractivity (Wildman–Crippen MR) is 104 cm³/mol. The Morgan fingerprint density at radius 1 is 1.33 bits per heavy atom. The van der Waals surface area contributed by atoms with Gasteiger partial charge in [0, 0.05) is 19.6 Å². The SMILES string of the molecule is CC(C)(C)OC(=O)N1CCCC(Cn2cc(Oc3ccccc3N)cn2)C1. The highest BCUT2D eigenvalue weighted by molar-refractivity contribution is 5.68. The number of hydrogen-bond donors (Lipinski definition) is 1. The first kappa shape index (κ1) is 19.1. The van der Waals surface area contributed by atoms with Gasteiger partial charge in [-0.05, 0) is 51.7 Å². The molecule has 7 heteroatoms. The quantitative estimate of drug-likeness (QED) is 0.823. The Bertz CT molecular complexity index is 782. The van der Waals surface area contributed by atoms with Crippen LogP contribution < -0.4 is 10.5 Å². The van der Waals surface area contributed by atoms with Crippen LogP contribution in [-0.4, -0.2) is 39.5 Å². The van der Waals surface area contributed by atoms with Crippen molar-refractivity contribution in [2.24, 2.45) is 5.92 Å². The van der Waals surface area contributed by atoms with Crippen molar-refractivity contribution in [2.75, 3.05) is 18.8 Å². The van der Waals surface area contributed by atoms with E-state index in [1.54, 1.807) is 17.2 Å². The van der Waals surface area contributed by atoms with Gasteiger partial charge in [-0.15, -0.1) is 0 Å². The number of nitrogens with two attached hydrogens (primary N) is 1. The summed E-state index contributed by atoms with van der Waals surface area (Å²) in [5, 5.41) is 4.38. The van der Waals surface area contributed by atoms with E-state index >= 15 is 0 Å². The number of piperidine rings is 1. The van der Waals surface area contributed by atoms with Gasteiger partial charge in [0.05, 0.1) is 18.1 Å². The van der Waals surface area contributed by atoms with Crippen molar-refractivity contribution < 1.29 is 14.3 Å². The summed E-state index contributed by atoms with van der Waals surface area (Å²) in [5.41, 5.74) is 6.02. The van der Waals surface area contributed by atoms with Gasteiger partial charge in [0.15, 0.2) is 5.75 Å². The maximum atomic E-state index is 12.3. The van der Waals surface area contributed by atoms with Crippen molar-refractivity contribution >= 4 is 11.8 Å². The minimum Gasteiger partial charge on any atom is -0.452 e. The van der Waals surface area contributed by atoms with Crippen molar-refractivity contribution in [3.63, 3.8) is 0 Å². The maximum Gasteiger partial charge on any atom is 0.410 e. The van der Waals surface area contributed by atoms with Crippen LogP contribution in [0.2, 0.25) is 0 Å². The molecule has 1 atom stereocenters. The summed E-state index contributed by atoms with van der Waals surface area (Å²) in [4.78, 5) is 14.1. The van der Waals surface area contributed by atoms with E-state index in [1.807, 2.05) is 49.8 Å². The van der Waals surface area contributed by atoms with Gasteiger partial charge in [-0.2, -0.15) is 5.10 Å². The van der Waals surface area contributed by atoms with Crippen LogP contribution in [-0.2, 0) is 11.3 Å². The molecule has 27 heavy (non-hydrogen) atoms. The van der Waals surface area contributed by atoms with Crippen LogP contribution in [0.5, 0.6) is 11.5 Å². The fourth-order valence-corrected chi connectivity index (χ4v) is 3.17. The smallest absolute Gasteiger partial charge is 0.410 e. The molecule has 0 spiro atoms. The summed E-state index contributed by atoms with van der Waals surface area (Å²) >= 11 is 0. The van der Waals surface area contributed by atoms with Crippen LogP contribution in [0.3, 0.4) is 0 Å². The van der Waals surface area contributed by atoms with Gasteiger partial charge in [-0.3, -0.25) is 4.68 Å². The lowest BCUT2D eigenvalue weighted by Crippen LogP contribution is -2.43. The van der Waals surface area contributed by atoms with Gasteiger partial charge in [0.2, 0.25) is 0 Å². The molecule has 2 heterocycles. The molecule has 1 saturated heterocycles. The monoisotopic (exact) mass is 372 g/mol. The largest absolute Gasteiger partial charge is 0.452 e. The molecule has 0 bridgehead atoms. The molecule has 7 nitrogen and oxygen atoms in total. The summed E-state index contributed by atoms with van der Waals surface area (Å²) in [7, 11) is 0. The second kappa shape index (κ2) is 7.90. The fraction of sp³-hybridized carbons (Fsp3) is 0.500. The topological polar surface area (TPSA) is 82.6 Å². The summed E-state index contributed by atoms with van der Waals surface area (Å²) in [6.07, 6.45) is 5.33. The second-order valence-electron chi connectivity index (χ2n) is 7.97. The molecule has 1 aromatic carbocycles. The van der Waals surface area contributed by atoms with Gasteiger partial charge >= 0.3 is 6.09 Å². The molecule has 1 aliphatic rings. The highest BCUT2D eigenvalue weighted by Gasteiger charge is 2.28. The predicted octanol–water partition coefficient (Wildman–Crippen LogP) is 3.90. The van der Waals surface area contributed by atoms with Crippen LogP contribution in [0.15, 0.2) is 36.7 Å². The van der Waals surface area contributed by atoms with E-state index in [2.05, 4.69) is 5.10 Å². The van der Waals surface area contributed by atoms with Crippen molar-refractivity contribution in [3.05, 3.63) is 36.7 Å². The number of likely N-dealkylation sites (tertiary alicyclic amines) is 1. The molecule has 1 fully saturated rings. The molecule has 146 valence electrons. The number of amides is 1. The van der Waals surface area contributed by atoms with Gasteiger partial charge in [0.25, 0.3) is 0 Å². The Morgan fingerprint density at radius 2 is 2.11 bits per heavy atom. The molecule has 0 saturated carbocycles. The zero-order valence-corrected chi connectivity index (χ0v) is 16.2. The van der Waals surface area contributed by atoms with Crippen molar-refractivity contribution in [3.8, 4) is 11.5 Å². The standard InChI is InChI=1S/C20H28N4O3/c1-20(2,3)27-19(25)23-10-6-7-15(12-23)13-24-14-16(11-22-24)26-18-9-5-4-8-17(18)21/h4-5,8-9,11,14-15H,6-7,10,12-13,21H2,1-3H3. The van der Waals surface area contributed by atoms with E-state index in [9.17, 15) is 4.79 Å². The lowest BCUT2D eigenvalue weighted by molar-refractivity contribution is 0.0155. The molecule has 1 aromatic heterocycles. The maximum absolute atomic E-state index is 12.3. The number of para-hydroxylation sites is 2. The van der Waals surface area contributed by atoms with E-state index in [1.165, 1.54) is 0 Å². The Hall–Kier alpha value is -2.70. The van der Waals surface area contributed by atoms with E-state index in [0.29, 0.717) is 29.6 Å². The van der Waals surface area contributed by atoms with Crippen molar-refractivity contribution in [1.29, 1.82) is 0 Å². The lowest BCUT2D eigenvalue weighted by Gasteiger charge is -2.34. The van der Waals surface area contributed by atoms with Gasteiger partial charge in [0.1, 0.15) is 11.4 Å². The number of aromatic nitrogens is 2. The molecule has 1 amide bonds. The number of anilines is 1. The molecule has 0 aliphatic carbocycles. The Labute approximate surface area is 160 Å². The first-order valence-corrected chi connectivity index (χ1v) is 9.33. The normalized spacial score (nSPS) is 17.6. The molecule has 2 N–H and O–H groups in total. The van der Waals surface area contributed by atoms with E-state index < -0.39 is 5.60 Å². The summed E-state index contributed by atoms with van der Waals surface area (Å²) in [5.74, 6) is 1.60. The number of hydrogen-bond acceptors (Lipinski definition) is 5. The molecule has 2 aromatic rings. The summed E-state index contributed by atoms with van der Waals surface area (Å²) in [6.45, 7) is 7.81. The number of ether oxygens (including phenoxy) is 2. The van der Waals surface area contributed by atoms with Crippen LogP contribution in [0, 0.1) is 5.92 Å². The van der Waals surface area contributed by atoms with Crippen molar-refractivity contribution in [1.82, 2.24) is 14.7 Å². The lowest BCUT2D eigenvalue weighted by atomic mass is 9.98. The van der Waals surface area contributed by atoms with Crippen LogP contribution in [0.4, 0.5) is 10.5 Å². The van der Waals surface area contributed by atoms with Gasteiger partial charge in [-0.25, -0.2) is 4.79 Å². The van der Waals surface area contributed by atoms with E-state index in [-0.39, 0.29) is 6.09 Å². The third-order valence-electron chi connectivity index (χ3n) is 4.37. The highest BCUT2D eigenvalue weighted by atomic mass is 16.6. The van der Waals surface area contributed by atoms with Crippen molar-refractivity contribution in [2.45, 2.75) is 45.8 Å². The average molecular weight is 372 g/mol. The van der Waals surface area contributed by atoms with Crippen LogP contribution in [0.25, 0.3) is 0 Å². The summed E-state index contributed by atoms with van der Waals surface area (Å²) < 4.78 is 13.1. The first-order chi connectivity index (χ1) is 12.8. The fourth-order valence-electron chi connectivity index (χ4n) is 3.17. The number of nitrogen functional groups attached to an aromatic ring is 1. The minimum absolute atomic E-state index is 0.240. The number of rotatable bonds is 4. The number of carbonyl (C=O) groups is 1. The van der Waals surface area contributed by atoms with E-state index in [0.717, 1.165) is 25.9 Å².